The molecule has 2 aromatic rings. The zero-order chi connectivity index (χ0) is 12.3. The van der Waals surface area contributed by atoms with Crippen LogP contribution in [0.2, 0.25) is 0 Å². The predicted molar refractivity (Wildman–Crippen MR) is 66.4 cm³/mol. The Morgan fingerprint density at radius 3 is 2.88 bits per heavy atom. The maximum Gasteiger partial charge on any atom is 0.234 e. The molecule has 4 nitrogen and oxygen atoms in total. The summed E-state index contributed by atoms with van der Waals surface area (Å²) in [6, 6.07) is 7.85. The summed E-state index contributed by atoms with van der Waals surface area (Å²) >= 11 is 0. The van der Waals surface area contributed by atoms with Crippen LogP contribution in [0.3, 0.4) is 0 Å². The Balaban J connectivity index is 2.02. The van der Waals surface area contributed by atoms with Gasteiger partial charge in [0.15, 0.2) is 0 Å². The molecular formula is C13H16N2O2. The van der Waals surface area contributed by atoms with Crippen LogP contribution in [0, 0.1) is 0 Å². The van der Waals surface area contributed by atoms with Gasteiger partial charge in [0.05, 0.1) is 6.26 Å². The number of carbonyl (C=O) groups excluding carboxylic acids is 1. The summed E-state index contributed by atoms with van der Waals surface area (Å²) < 4.78 is 5.42. The number of hydrogen-bond acceptors (Lipinski definition) is 3. The zero-order valence-corrected chi connectivity index (χ0v) is 10.1. The molecule has 90 valence electrons. The Morgan fingerprint density at radius 1 is 1.35 bits per heavy atom. The number of hydrazine groups is 1. The smallest absolute Gasteiger partial charge is 0.234 e. The summed E-state index contributed by atoms with van der Waals surface area (Å²) in [7, 11) is 3.59. The quantitative estimate of drug-likeness (QED) is 0.820. The molecule has 1 amide bonds. The molecule has 0 atom stereocenters. The van der Waals surface area contributed by atoms with Crippen molar-refractivity contribution < 1.29 is 9.21 Å². The highest BCUT2D eigenvalue weighted by atomic mass is 16.3. The molecule has 17 heavy (non-hydrogen) atoms. The highest BCUT2D eigenvalue weighted by Gasteiger charge is 2.08. The normalized spacial score (nSPS) is 11.0. The Labute approximate surface area is 100 Å². The van der Waals surface area contributed by atoms with E-state index in [9.17, 15) is 4.79 Å². The minimum Gasteiger partial charge on any atom is -0.464 e. The molecule has 1 aromatic carbocycles. The van der Waals surface area contributed by atoms with Crippen molar-refractivity contribution in [1.82, 2.24) is 10.4 Å². The molecule has 1 aromatic heterocycles. The summed E-state index contributed by atoms with van der Waals surface area (Å²) in [5.41, 5.74) is 4.67. The molecule has 0 aliphatic heterocycles. The van der Waals surface area contributed by atoms with Crippen molar-refractivity contribution in [1.29, 1.82) is 0 Å². The number of benzene rings is 1. The number of carbonyl (C=O) groups is 1. The molecule has 0 saturated heterocycles. The van der Waals surface area contributed by atoms with E-state index < -0.39 is 0 Å². The Kier molecular flexibility index (Phi) is 3.44. The van der Waals surface area contributed by atoms with E-state index in [2.05, 4.69) is 5.43 Å². The minimum absolute atomic E-state index is 0.0141. The first-order chi connectivity index (χ1) is 8.16. The average Bonchev–Trinajstić information content (AvgIpc) is 2.69. The van der Waals surface area contributed by atoms with Gasteiger partial charge >= 0.3 is 0 Å². The predicted octanol–water partition coefficient (Wildman–Crippen LogP) is 1.96. The second kappa shape index (κ2) is 5.01. The monoisotopic (exact) mass is 232 g/mol. The van der Waals surface area contributed by atoms with Crippen LogP contribution in [0.25, 0.3) is 11.0 Å². The van der Waals surface area contributed by atoms with Crippen LogP contribution in [-0.4, -0.2) is 25.0 Å². The number of hydrogen-bond donors (Lipinski definition) is 1. The van der Waals surface area contributed by atoms with E-state index in [0.717, 1.165) is 16.5 Å². The third-order valence-corrected chi connectivity index (χ3v) is 2.53. The van der Waals surface area contributed by atoms with Crippen molar-refractivity contribution in [3.8, 4) is 0 Å². The summed E-state index contributed by atoms with van der Waals surface area (Å²) in [5.74, 6) is 0.0141. The fourth-order valence-corrected chi connectivity index (χ4v) is 1.78. The lowest BCUT2D eigenvalue weighted by atomic mass is 10.1. The number of fused-ring (bicyclic) bond motifs is 1. The molecule has 0 fully saturated rings. The van der Waals surface area contributed by atoms with Gasteiger partial charge in [0.1, 0.15) is 5.58 Å². The van der Waals surface area contributed by atoms with E-state index in [1.165, 1.54) is 0 Å². The minimum atomic E-state index is 0.0141. The van der Waals surface area contributed by atoms with E-state index in [0.29, 0.717) is 12.8 Å². The van der Waals surface area contributed by atoms with Crippen LogP contribution in [0.1, 0.15) is 12.0 Å². The van der Waals surface area contributed by atoms with Crippen LogP contribution in [0.5, 0.6) is 0 Å². The van der Waals surface area contributed by atoms with Crippen LogP contribution < -0.4 is 5.43 Å². The van der Waals surface area contributed by atoms with Gasteiger partial charge in [0.25, 0.3) is 0 Å². The third kappa shape index (κ3) is 2.85. The molecule has 4 heteroatoms. The van der Waals surface area contributed by atoms with Crippen LogP contribution in [0.15, 0.2) is 34.9 Å². The molecule has 0 aliphatic carbocycles. The van der Waals surface area contributed by atoms with Crippen molar-refractivity contribution in [2.75, 3.05) is 14.1 Å². The average molecular weight is 232 g/mol. The summed E-state index contributed by atoms with van der Waals surface area (Å²) in [6.45, 7) is 0. The van der Waals surface area contributed by atoms with Crippen molar-refractivity contribution in [3.63, 3.8) is 0 Å². The maximum absolute atomic E-state index is 11.5. The molecular weight excluding hydrogens is 216 g/mol. The molecule has 0 saturated carbocycles. The largest absolute Gasteiger partial charge is 0.464 e. The van der Waals surface area contributed by atoms with E-state index >= 15 is 0 Å². The van der Waals surface area contributed by atoms with Crippen LogP contribution in [0.4, 0.5) is 0 Å². The van der Waals surface area contributed by atoms with Gasteiger partial charge in [-0.15, -0.1) is 0 Å². The van der Waals surface area contributed by atoms with E-state index in [-0.39, 0.29) is 5.91 Å². The van der Waals surface area contributed by atoms with E-state index in [1.54, 1.807) is 25.4 Å². The Bertz CT molecular complexity index is 517. The van der Waals surface area contributed by atoms with Crippen LogP contribution >= 0.6 is 0 Å². The summed E-state index contributed by atoms with van der Waals surface area (Å²) in [6.07, 6.45) is 2.88. The summed E-state index contributed by atoms with van der Waals surface area (Å²) in [5, 5.41) is 2.74. The van der Waals surface area contributed by atoms with Gasteiger partial charge < -0.3 is 4.42 Å². The number of nitrogens with zero attached hydrogens (tertiary/aromatic N) is 1. The van der Waals surface area contributed by atoms with Gasteiger partial charge in [-0.1, -0.05) is 18.2 Å². The lowest BCUT2D eigenvalue weighted by Crippen LogP contribution is -2.36. The summed E-state index contributed by atoms with van der Waals surface area (Å²) in [4.78, 5) is 11.5. The first-order valence-corrected chi connectivity index (χ1v) is 5.59. The number of aryl methyl sites for hydroxylation is 1. The van der Waals surface area contributed by atoms with Gasteiger partial charge in [-0.3, -0.25) is 10.2 Å². The van der Waals surface area contributed by atoms with Crippen LogP contribution in [-0.2, 0) is 11.2 Å². The van der Waals surface area contributed by atoms with E-state index in [1.807, 2.05) is 24.3 Å². The second-order valence-corrected chi connectivity index (χ2v) is 4.19. The Morgan fingerprint density at radius 2 is 2.12 bits per heavy atom. The number of nitrogens with one attached hydrogen (secondary N) is 1. The topological polar surface area (TPSA) is 45.5 Å². The standard InChI is InChI=1S/C13H16N2O2/c1-15(2)14-13(16)8-7-10-9-17-12-6-4-3-5-11(10)12/h3-6,9H,7-8H2,1-2H3,(H,14,16). The van der Waals surface area contributed by atoms with E-state index in [4.69, 9.17) is 4.42 Å². The molecule has 0 radical (unpaired) electrons. The SMILES string of the molecule is CN(C)NC(=O)CCc1coc2ccccc12. The number of amides is 1. The fourth-order valence-electron chi connectivity index (χ4n) is 1.78. The molecule has 2 rings (SSSR count). The highest BCUT2D eigenvalue weighted by Crippen LogP contribution is 2.21. The van der Waals surface area contributed by atoms with Gasteiger partial charge in [-0.25, -0.2) is 5.01 Å². The zero-order valence-electron chi connectivity index (χ0n) is 10.1. The van der Waals surface area contributed by atoms with Crippen molar-refractivity contribution >= 4 is 16.9 Å². The van der Waals surface area contributed by atoms with Gasteiger partial charge in [0, 0.05) is 25.9 Å². The highest BCUT2D eigenvalue weighted by molar-refractivity contribution is 5.82. The van der Waals surface area contributed by atoms with Gasteiger partial charge in [-0.2, -0.15) is 0 Å². The second-order valence-electron chi connectivity index (χ2n) is 4.19. The van der Waals surface area contributed by atoms with Crippen molar-refractivity contribution in [3.05, 3.63) is 36.1 Å². The maximum atomic E-state index is 11.5. The first kappa shape index (κ1) is 11.7. The number of rotatable bonds is 4. The molecule has 0 aliphatic rings. The van der Waals surface area contributed by atoms with Crippen molar-refractivity contribution in [2.45, 2.75) is 12.8 Å². The number of para-hydroxylation sites is 1. The van der Waals surface area contributed by atoms with Gasteiger partial charge in [-0.05, 0) is 18.1 Å². The fraction of sp³-hybridized carbons (Fsp3) is 0.308. The molecule has 0 spiro atoms. The first-order valence-electron chi connectivity index (χ1n) is 5.59. The molecule has 0 unspecified atom stereocenters. The van der Waals surface area contributed by atoms with Crippen molar-refractivity contribution in [2.24, 2.45) is 0 Å². The molecule has 1 N–H and O–H groups in total. The lowest BCUT2D eigenvalue weighted by molar-refractivity contribution is -0.124. The number of furan rings is 1. The molecule has 1 heterocycles. The van der Waals surface area contributed by atoms with Gasteiger partial charge in [0.2, 0.25) is 5.91 Å². The molecule has 0 bridgehead atoms. The third-order valence-electron chi connectivity index (χ3n) is 2.53. The Hall–Kier alpha value is -1.81. The lowest BCUT2D eigenvalue weighted by Gasteiger charge is -2.11.